The molecular formula is C22H26N4O3. The summed E-state index contributed by atoms with van der Waals surface area (Å²) in [5.74, 6) is 0.405. The van der Waals surface area contributed by atoms with E-state index in [1.165, 1.54) is 36.8 Å². The van der Waals surface area contributed by atoms with Crippen LogP contribution in [0.15, 0.2) is 42.6 Å². The predicted octanol–water partition coefficient (Wildman–Crippen LogP) is 3.20. The molecule has 29 heavy (non-hydrogen) atoms. The summed E-state index contributed by atoms with van der Waals surface area (Å²) in [7, 11) is 0. The normalized spacial score (nSPS) is 19.2. The molecule has 0 spiro atoms. The molecule has 0 bridgehead atoms. The summed E-state index contributed by atoms with van der Waals surface area (Å²) >= 11 is 0. The van der Waals surface area contributed by atoms with E-state index in [2.05, 4.69) is 39.5 Å². The topological polar surface area (TPSA) is 74.8 Å². The third kappa shape index (κ3) is 4.50. The zero-order valence-electron chi connectivity index (χ0n) is 16.6. The molecule has 152 valence electrons. The Morgan fingerprint density at radius 2 is 1.83 bits per heavy atom. The molecule has 2 aliphatic heterocycles. The van der Waals surface area contributed by atoms with E-state index in [0.29, 0.717) is 18.9 Å². The van der Waals surface area contributed by atoms with Gasteiger partial charge in [-0.2, -0.15) is 0 Å². The van der Waals surface area contributed by atoms with Crippen molar-refractivity contribution >= 4 is 23.5 Å². The molecule has 1 aromatic heterocycles. The van der Waals surface area contributed by atoms with Crippen LogP contribution in [-0.4, -0.2) is 49.3 Å². The second kappa shape index (κ2) is 8.51. The fourth-order valence-corrected chi connectivity index (χ4v) is 3.81. The van der Waals surface area contributed by atoms with Crippen LogP contribution in [0.25, 0.3) is 11.1 Å². The maximum Gasteiger partial charge on any atom is 0.416 e. The third-order valence-corrected chi connectivity index (χ3v) is 5.40. The first-order valence-corrected chi connectivity index (χ1v) is 10.1. The molecule has 0 aliphatic carbocycles. The fraction of sp³-hybridized carbons (Fsp3) is 0.409. The molecule has 2 aliphatic rings. The molecule has 7 nitrogen and oxygen atoms in total. The highest BCUT2D eigenvalue weighted by molar-refractivity contribution is 5.89. The van der Waals surface area contributed by atoms with E-state index in [4.69, 9.17) is 4.74 Å². The quantitative estimate of drug-likeness (QED) is 0.843. The molecule has 0 saturated carbocycles. The number of aromatic nitrogens is 1. The van der Waals surface area contributed by atoms with Gasteiger partial charge in [0.05, 0.1) is 13.1 Å². The lowest BCUT2D eigenvalue weighted by molar-refractivity contribution is -0.119. The van der Waals surface area contributed by atoms with E-state index in [1.807, 2.05) is 12.1 Å². The van der Waals surface area contributed by atoms with E-state index < -0.39 is 6.09 Å². The van der Waals surface area contributed by atoms with Crippen LogP contribution in [0.2, 0.25) is 0 Å². The lowest BCUT2D eigenvalue weighted by atomic mass is 10.1. The van der Waals surface area contributed by atoms with E-state index >= 15 is 0 Å². The van der Waals surface area contributed by atoms with Crippen molar-refractivity contribution in [3.63, 3.8) is 0 Å². The highest BCUT2D eigenvalue weighted by Crippen LogP contribution is 2.27. The summed E-state index contributed by atoms with van der Waals surface area (Å²) in [6, 6.07) is 12.4. The van der Waals surface area contributed by atoms with Gasteiger partial charge in [0.2, 0.25) is 5.91 Å². The monoisotopic (exact) mass is 394 g/mol. The molecule has 1 aromatic carbocycles. The first-order chi connectivity index (χ1) is 14.1. The zero-order chi connectivity index (χ0) is 20.2. The minimum atomic E-state index is -0.438. The van der Waals surface area contributed by atoms with Gasteiger partial charge in [0.1, 0.15) is 11.9 Å². The average Bonchev–Trinajstić information content (AvgIpc) is 3.14. The van der Waals surface area contributed by atoms with Crippen molar-refractivity contribution in [2.24, 2.45) is 0 Å². The largest absolute Gasteiger partial charge is 0.442 e. The van der Waals surface area contributed by atoms with Crippen molar-refractivity contribution in [1.29, 1.82) is 0 Å². The molecule has 3 heterocycles. The number of ether oxygens (including phenoxy) is 1. The average molecular weight is 394 g/mol. The molecule has 7 heteroatoms. The molecule has 0 radical (unpaired) electrons. The smallest absolute Gasteiger partial charge is 0.416 e. The van der Waals surface area contributed by atoms with Crippen molar-refractivity contribution in [1.82, 2.24) is 10.3 Å². The maximum atomic E-state index is 12.1. The lowest BCUT2D eigenvalue weighted by Crippen LogP contribution is -2.33. The van der Waals surface area contributed by atoms with Crippen LogP contribution in [0.1, 0.15) is 26.2 Å². The molecule has 2 fully saturated rings. The van der Waals surface area contributed by atoms with Crippen LogP contribution < -0.4 is 15.1 Å². The Hall–Kier alpha value is -3.09. The molecule has 1 unspecified atom stereocenters. The summed E-state index contributed by atoms with van der Waals surface area (Å²) in [5.41, 5.74) is 3.36. The minimum Gasteiger partial charge on any atom is -0.442 e. The van der Waals surface area contributed by atoms with E-state index in [1.54, 1.807) is 6.20 Å². The van der Waals surface area contributed by atoms with Crippen molar-refractivity contribution in [2.75, 3.05) is 36.0 Å². The van der Waals surface area contributed by atoms with Crippen LogP contribution >= 0.6 is 0 Å². The number of hydrogen-bond donors (Lipinski definition) is 1. The van der Waals surface area contributed by atoms with Crippen molar-refractivity contribution in [3.05, 3.63) is 42.6 Å². The number of rotatable bonds is 5. The Bertz CT molecular complexity index is 861. The van der Waals surface area contributed by atoms with Crippen LogP contribution in [-0.2, 0) is 9.53 Å². The molecule has 1 atom stereocenters. The molecule has 4 rings (SSSR count). The Labute approximate surface area is 170 Å². The number of cyclic esters (lactones) is 1. The lowest BCUT2D eigenvalue weighted by Gasteiger charge is -2.28. The van der Waals surface area contributed by atoms with E-state index in [-0.39, 0.29) is 12.0 Å². The number of nitrogens with one attached hydrogen (secondary N) is 1. The van der Waals surface area contributed by atoms with Gasteiger partial charge in [-0.3, -0.25) is 9.69 Å². The van der Waals surface area contributed by atoms with Gasteiger partial charge >= 0.3 is 6.09 Å². The standard InChI is InChI=1S/C22H26N4O3/c1-16(27)23-14-20-15-26(22(28)29-20)21-10-7-18(13-24-21)17-5-8-19(9-6-17)25-11-3-2-4-12-25/h5-10,13,20H,2-4,11-12,14-15H2,1H3,(H,23,27). The second-order valence-electron chi connectivity index (χ2n) is 7.55. The number of carbonyl (C=O) groups is 2. The number of pyridine rings is 1. The Kier molecular flexibility index (Phi) is 5.64. The van der Waals surface area contributed by atoms with Crippen LogP contribution in [0, 0.1) is 0 Å². The van der Waals surface area contributed by atoms with Crippen molar-refractivity contribution in [3.8, 4) is 11.1 Å². The summed E-state index contributed by atoms with van der Waals surface area (Å²) in [4.78, 5) is 31.5. The first-order valence-electron chi connectivity index (χ1n) is 10.1. The van der Waals surface area contributed by atoms with Crippen molar-refractivity contribution < 1.29 is 14.3 Å². The summed E-state index contributed by atoms with van der Waals surface area (Å²) < 4.78 is 5.29. The second-order valence-corrected chi connectivity index (χ2v) is 7.55. The van der Waals surface area contributed by atoms with Crippen LogP contribution in [0.4, 0.5) is 16.3 Å². The van der Waals surface area contributed by atoms with Gasteiger partial charge in [-0.1, -0.05) is 12.1 Å². The Balaban J connectivity index is 1.41. The van der Waals surface area contributed by atoms with Gasteiger partial charge in [0, 0.05) is 37.5 Å². The highest BCUT2D eigenvalue weighted by Gasteiger charge is 2.33. The van der Waals surface area contributed by atoms with Gasteiger partial charge < -0.3 is 15.0 Å². The molecule has 1 N–H and O–H groups in total. The van der Waals surface area contributed by atoms with Gasteiger partial charge in [-0.25, -0.2) is 9.78 Å². The number of piperidine rings is 1. The van der Waals surface area contributed by atoms with Crippen LogP contribution in [0.5, 0.6) is 0 Å². The van der Waals surface area contributed by atoms with Crippen molar-refractivity contribution in [2.45, 2.75) is 32.3 Å². The minimum absolute atomic E-state index is 0.145. The van der Waals surface area contributed by atoms with E-state index in [9.17, 15) is 9.59 Å². The molecular weight excluding hydrogens is 368 g/mol. The predicted molar refractivity (Wildman–Crippen MR) is 112 cm³/mol. The number of nitrogens with zero attached hydrogens (tertiary/aromatic N) is 3. The molecule has 2 aromatic rings. The van der Waals surface area contributed by atoms with Gasteiger partial charge in [0.15, 0.2) is 0 Å². The number of anilines is 2. The van der Waals surface area contributed by atoms with Gasteiger partial charge in [-0.15, -0.1) is 0 Å². The SMILES string of the molecule is CC(=O)NCC1CN(c2ccc(-c3ccc(N4CCCCC4)cc3)cn2)C(=O)O1. The third-order valence-electron chi connectivity index (χ3n) is 5.40. The number of benzene rings is 1. The molecule has 2 amide bonds. The number of hydrogen-bond acceptors (Lipinski definition) is 5. The fourth-order valence-electron chi connectivity index (χ4n) is 3.81. The Morgan fingerprint density at radius 3 is 2.48 bits per heavy atom. The first kappa shape index (κ1) is 19.2. The number of carbonyl (C=O) groups excluding carboxylic acids is 2. The molecule has 2 saturated heterocycles. The summed E-state index contributed by atoms with van der Waals surface area (Å²) in [6.07, 6.45) is 4.82. The summed E-state index contributed by atoms with van der Waals surface area (Å²) in [6.45, 7) is 4.37. The highest BCUT2D eigenvalue weighted by atomic mass is 16.6. The maximum absolute atomic E-state index is 12.1. The van der Waals surface area contributed by atoms with E-state index in [0.717, 1.165) is 24.2 Å². The Morgan fingerprint density at radius 1 is 1.10 bits per heavy atom. The number of amides is 2. The summed E-state index contributed by atoms with van der Waals surface area (Å²) in [5, 5.41) is 2.67. The van der Waals surface area contributed by atoms with Gasteiger partial charge in [-0.05, 0) is 49.1 Å². The zero-order valence-corrected chi connectivity index (χ0v) is 16.6. The van der Waals surface area contributed by atoms with Gasteiger partial charge in [0.25, 0.3) is 0 Å². The van der Waals surface area contributed by atoms with Crippen LogP contribution in [0.3, 0.4) is 0 Å².